The molecule has 1 heterocycles. The lowest BCUT2D eigenvalue weighted by Gasteiger charge is -2.08. The molecule has 2 rings (SSSR count). The molecule has 0 saturated carbocycles. The summed E-state index contributed by atoms with van der Waals surface area (Å²) in [5, 5.41) is 0. The summed E-state index contributed by atoms with van der Waals surface area (Å²) in [7, 11) is 0. The number of ether oxygens (including phenoxy) is 3. The van der Waals surface area contributed by atoms with Gasteiger partial charge in [-0.15, -0.1) is 0 Å². The number of rotatable bonds is 3. The van der Waals surface area contributed by atoms with Gasteiger partial charge in [0.05, 0.1) is 0 Å². The summed E-state index contributed by atoms with van der Waals surface area (Å²) in [5.74, 6) is 0.760. The largest absolute Gasteiger partial charge is 0.508 e. The Kier molecular flexibility index (Phi) is 2.53. The maximum absolute atomic E-state index is 10.6. The summed E-state index contributed by atoms with van der Waals surface area (Å²) in [5.41, 5.74) is 0. The van der Waals surface area contributed by atoms with Gasteiger partial charge in [-0.2, -0.15) is 0 Å². The van der Waals surface area contributed by atoms with Crippen LogP contribution in [0.1, 0.15) is 0 Å². The minimum Gasteiger partial charge on any atom is -0.490 e. The van der Waals surface area contributed by atoms with Gasteiger partial charge >= 0.3 is 6.16 Å². The quantitative estimate of drug-likeness (QED) is 0.685. The van der Waals surface area contributed by atoms with Crippen LogP contribution in [0.5, 0.6) is 5.75 Å². The number of para-hydroxylation sites is 1. The molecule has 0 bridgehead atoms. The van der Waals surface area contributed by atoms with Crippen LogP contribution in [0.4, 0.5) is 4.79 Å². The molecule has 0 aliphatic carbocycles. The molecule has 0 radical (unpaired) electrons. The lowest BCUT2D eigenvalue weighted by Crippen LogP contribution is -2.19. The van der Waals surface area contributed by atoms with Crippen molar-refractivity contribution in [3.05, 3.63) is 30.3 Å². The van der Waals surface area contributed by atoms with E-state index in [4.69, 9.17) is 9.47 Å². The van der Waals surface area contributed by atoms with E-state index >= 15 is 0 Å². The van der Waals surface area contributed by atoms with Gasteiger partial charge in [-0.3, -0.25) is 0 Å². The number of hydrogen-bond donors (Lipinski definition) is 0. The zero-order valence-corrected chi connectivity index (χ0v) is 7.51. The van der Waals surface area contributed by atoms with E-state index in [0.29, 0.717) is 6.61 Å². The summed E-state index contributed by atoms with van der Waals surface area (Å²) < 4.78 is 14.8. The first-order valence-corrected chi connectivity index (χ1v) is 4.36. The van der Waals surface area contributed by atoms with Gasteiger partial charge < -0.3 is 14.2 Å². The molecule has 0 amide bonds. The second-order valence-electron chi connectivity index (χ2n) is 2.92. The van der Waals surface area contributed by atoms with Crippen molar-refractivity contribution < 1.29 is 19.0 Å². The van der Waals surface area contributed by atoms with Crippen molar-refractivity contribution in [1.82, 2.24) is 0 Å². The molecule has 0 N–H and O–H groups in total. The maximum atomic E-state index is 10.6. The highest BCUT2D eigenvalue weighted by molar-refractivity contribution is 5.61. The van der Waals surface area contributed by atoms with Crippen LogP contribution in [-0.2, 0) is 9.47 Å². The zero-order chi connectivity index (χ0) is 9.80. The van der Waals surface area contributed by atoms with Gasteiger partial charge in [0.25, 0.3) is 0 Å². The predicted octanol–water partition coefficient (Wildman–Crippen LogP) is 1.60. The smallest absolute Gasteiger partial charge is 0.490 e. The average Bonchev–Trinajstić information content (AvgIpc) is 2.63. The molecule has 0 aromatic heterocycles. The Morgan fingerprint density at radius 3 is 2.79 bits per heavy atom. The van der Waals surface area contributed by atoms with Gasteiger partial charge in [-0.1, -0.05) is 18.2 Å². The van der Waals surface area contributed by atoms with Gasteiger partial charge in [0.1, 0.15) is 19.0 Å². The first kappa shape index (κ1) is 8.87. The van der Waals surface area contributed by atoms with Crippen LogP contribution in [-0.4, -0.2) is 25.5 Å². The molecule has 1 aromatic carbocycles. The lowest BCUT2D eigenvalue weighted by atomic mass is 10.3. The average molecular weight is 194 g/mol. The number of cyclic esters (lactones) is 2. The number of carbonyl (C=O) groups excluding carboxylic acids is 1. The van der Waals surface area contributed by atoms with Crippen molar-refractivity contribution >= 4 is 6.16 Å². The van der Waals surface area contributed by atoms with Crippen LogP contribution in [0.25, 0.3) is 0 Å². The molecule has 1 atom stereocenters. The van der Waals surface area contributed by atoms with Crippen LogP contribution in [0.15, 0.2) is 30.3 Å². The third kappa shape index (κ3) is 2.16. The van der Waals surface area contributed by atoms with Crippen molar-refractivity contribution in [2.24, 2.45) is 0 Å². The molecule has 1 fully saturated rings. The fraction of sp³-hybridized carbons (Fsp3) is 0.300. The number of hydrogen-bond acceptors (Lipinski definition) is 4. The Morgan fingerprint density at radius 1 is 1.36 bits per heavy atom. The lowest BCUT2D eigenvalue weighted by molar-refractivity contribution is 0.0983. The topological polar surface area (TPSA) is 44.8 Å². The molecular formula is C10H10O4. The Morgan fingerprint density at radius 2 is 2.14 bits per heavy atom. The SMILES string of the molecule is O=C1OCC(COc2ccccc2)O1. The molecule has 4 nitrogen and oxygen atoms in total. The van der Waals surface area contributed by atoms with Gasteiger partial charge in [0, 0.05) is 0 Å². The first-order valence-electron chi connectivity index (χ1n) is 4.36. The van der Waals surface area contributed by atoms with Crippen LogP contribution in [0.3, 0.4) is 0 Å². The molecule has 1 aliphatic heterocycles. The summed E-state index contributed by atoms with van der Waals surface area (Å²) >= 11 is 0. The van der Waals surface area contributed by atoms with Crippen LogP contribution in [0, 0.1) is 0 Å². The van der Waals surface area contributed by atoms with E-state index in [2.05, 4.69) is 4.74 Å². The molecule has 1 aliphatic rings. The van der Waals surface area contributed by atoms with E-state index in [0.717, 1.165) is 5.75 Å². The van der Waals surface area contributed by atoms with Gasteiger partial charge in [-0.05, 0) is 12.1 Å². The second-order valence-corrected chi connectivity index (χ2v) is 2.92. The Bertz CT molecular complexity index is 309. The summed E-state index contributed by atoms with van der Waals surface area (Å²) in [4.78, 5) is 10.6. The van der Waals surface area contributed by atoms with Crippen molar-refractivity contribution in [3.63, 3.8) is 0 Å². The number of carbonyl (C=O) groups is 1. The third-order valence-corrected chi connectivity index (χ3v) is 1.83. The highest BCUT2D eigenvalue weighted by atomic mass is 16.8. The van der Waals surface area contributed by atoms with E-state index < -0.39 is 6.16 Å². The van der Waals surface area contributed by atoms with Crippen LogP contribution < -0.4 is 4.74 Å². The number of benzene rings is 1. The highest BCUT2D eigenvalue weighted by Gasteiger charge is 2.25. The van der Waals surface area contributed by atoms with Crippen molar-refractivity contribution in [2.75, 3.05) is 13.2 Å². The molecule has 0 spiro atoms. The summed E-state index contributed by atoms with van der Waals surface area (Å²) in [6.07, 6.45) is -0.908. The molecule has 1 aromatic rings. The maximum Gasteiger partial charge on any atom is 0.508 e. The van der Waals surface area contributed by atoms with Crippen LogP contribution in [0.2, 0.25) is 0 Å². The molecule has 74 valence electrons. The molecule has 14 heavy (non-hydrogen) atoms. The molecule has 1 unspecified atom stereocenters. The molecule has 1 saturated heterocycles. The van der Waals surface area contributed by atoms with E-state index in [1.165, 1.54) is 0 Å². The van der Waals surface area contributed by atoms with Gasteiger partial charge in [-0.25, -0.2) is 4.79 Å². The first-order chi connectivity index (χ1) is 6.84. The zero-order valence-electron chi connectivity index (χ0n) is 7.51. The highest BCUT2D eigenvalue weighted by Crippen LogP contribution is 2.11. The fourth-order valence-corrected chi connectivity index (χ4v) is 1.15. The fourth-order valence-electron chi connectivity index (χ4n) is 1.15. The van der Waals surface area contributed by atoms with Gasteiger partial charge in [0.15, 0.2) is 6.10 Å². The Labute approximate surface area is 81.4 Å². The van der Waals surface area contributed by atoms with E-state index in [1.807, 2.05) is 30.3 Å². The monoisotopic (exact) mass is 194 g/mol. The third-order valence-electron chi connectivity index (χ3n) is 1.83. The summed E-state index contributed by atoms with van der Waals surface area (Å²) in [6.45, 7) is 0.599. The minimum absolute atomic E-state index is 0.270. The van der Waals surface area contributed by atoms with Crippen LogP contribution >= 0.6 is 0 Å². The van der Waals surface area contributed by atoms with Gasteiger partial charge in [0.2, 0.25) is 0 Å². The van der Waals surface area contributed by atoms with Crippen molar-refractivity contribution in [2.45, 2.75) is 6.10 Å². The van der Waals surface area contributed by atoms with Crippen molar-refractivity contribution in [3.8, 4) is 5.75 Å². The minimum atomic E-state index is -0.619. The molecular weight excluding hydrogens is 184 g/mol. The Hall–Kier alpha value is -1.71. The standard InChI is InChI=1S/C10H10O4/c11-10-13-7-9(14-10)6-12-8-4-2-1-3-5-8/h1-5,9H,6-7H2. The van der Waals surface area contributed by atoms with Crippen molar-refractivity contribution in [1.29, 1.82) is 0 Å². The molecule has 4 heteroatoms. The second kappa shape index (κ2) is 4.00. The van der Waals surface area contributed by atoms with E-state index in [1.54, 1.807) is 0 Å². The van der Waals surface area contributed by atoms with E-state index in [9.17, 15) is 4.79 Å². The normalized spacial score (nSPS) is 20.0. The summed E-state index contributed by atoms with van der Waals surface area (Å²) in [6, 6.07) is 9.36. The predicted molar refractivity (Wildman–Crippen MR) is 48.2 cm³/mol. The van der Waals surface area contributed by atoms with E-state index in [-0.39, 0.29) is 12.7 Å². The Balaban J connectivity index is 1.80.